The lowest BCUT2D eigenvalue weighted by atomic mass is 9.75. The maximum absolute atomic E-state index is 12.2. The number of rotatable bonds is 5. The number of carbonyl (C=O) groups is 3. The Morgan fingerprint density at radius 1 is 1.40 bits per heavy atom. The van der Waals surface area contributed by atoms with E-state index in [2.05, 4.69) is 10.6 Å². The summed E-state index contributed by atoms with van der Waals surface area (Å²) in [5, 5.41) is 13.9. The van der Waals surface area contributed by atoms with Gasteiger partial charge in [0.15, 0.2) is 0 Å². The molecule has 7 nitrogen and oxygen atoms in total. The molecular weight excluding hydrogens is 262 g/mol. The van der Waals surface area contributed by atoms with Gasteiger partial charge in [0.1, 0.15) is 5.54 Å². The lowest BCUT2D eigenvalue weighted by Crippen LogP contribution is -2.56. The lowest BCUT2D eigenvalue weighted by molar-refractivity contribution is -0.139. The number of likely N-dealkylation sites (tertiary alicyclic amines) is 1. The van der Waals surface area contributed by atoms with Crippen LogP contribution in [0.25, 0.3) is 0 Å². The predicted molar refractivity (Wildman–Crippen MR) is 71.1 cm³/mol. The number of hydrogen-bond donors (Lipinski definition) is 3. The molecule has 0 aromatic heterocycles. The third kappa shape index (κ3) is 2.77. The molecule has 0 aromatic rings. The smallest absolute Gasteiger partial charge is 0.322 e. The summed E-state index contributed by atoms with van der Waals surface area (Å²) < 4.78 is 0. The summed E-state index contributed by atoms with van der Waals surface area (Å²) in [6.45, 7) is 3.31. The van der Waals surface area contributed by atoms with E-state index in [1.165, 1.54) is 0 Å². The molecule has 0 unspecified atom stereocenters. The maximum atomic E-state index is 12.2. The average Bonchev–Trinajstić information content (AvgIpc) is 2.65. The van der Waals surface area contributed by atoms with E-state index in [9.17, 15) is 14.4 Å². The highest BCUT2D eigenvalue weighted by molar-refractivity contribution is 6.07. The van der Waals surface area contributed by atoms with Gasteiger partial charge in [-0.05, 0) is 38.3 Å². The lowest BCUT2D eigenvalue weighted by Gasteiger charge is -2.40. The number of imide groups is 1. The minimum absolute atomic E-state index is 0.0338. The molecule has 2 aliphatic heterocycles. The Kier molecular flexibility index (Phi) is 4.27. The average molecular weight is 283 g/mol. The number of aliphatic carboxylic acids is 1. The second kappa shape index (κ2) is 5.78. The molecule has 2 aliphatic rings. The van der Waals surface area contributed by atoms with Gasteiger partial charge in [0.05, 0.1) is 6.54 Å². The van der Waals surface area contributed by atoms with E-state index in [0.29, 0.717) is 19.5 Å². The van der Waals surface area contributed by atoms with Crippen molar-refractivity contribution in [1.82, 2.24) is 15.5 Å². The van der Waals surface area contributed by atoms with E-state index in [-0.39, 0.29) is 18.4 Å². The summed E-state index contributed by atoms with van der Waals surface area (Å²) in [6.07, 6.45) is 2.87. The van der Waals surface area contributed by atoms with Crippen molar-refractivity contribution >= 4 is 17.9 Å². The molecule has 2 rings (SSSR count). The molecule has 3 N–H and O–H groups in total. The van der Waals surface area contributed by atoms with Crippen LogP contribution in [-0.4, -0.2) is 53.1 Å². The maximum Gasteiger partial charge on any atom is 0.322 e. The summed E-state index contributed by atoms with van der Waals surface area (Å²) in [5.41, 5.74) is -0.804. The first-order valence-electron chi connectivity index (χ1n) is 7.05. The SMILES string of the molecule is CCC[C@]1(C2CCN(CC(=O)O)CC2)NC(=O)NC1=O. The van der Waals surface area contributed by atoms with E-state index in [4.69, 9.17) is 5.11 Å². The fourth-order valence-corrected chi connectivity index (χ4v) is 3.34. The first kappa shape index (κ1) is 14.8. The van der Waals surface area contributed by atoms with Crippen LogP contribution in [-0.2, 0) is 9.59 Å². The van der Waals surface area contributed by atoms with Gasteiger partial charge in [0.2, 0.25) is 0 Å². The van der Waals surface area contributed by atoms with Crippen molar-refractivity contribution in [2.75, 3.05) is 19.6 Å². The summed E-state index contributed by atoms with van der Waals surface area (Å²) in [4.78, 5) is 36.2. The molecule has 0 radical (unpaired) electrons. The molecule has 2 fully saturated rings. The van der Waals surface area contributed by atoms with Crippen molar-refractivity contribution in [2.45, 2.75) is 38.1 Å². The molecule has 1 atom stereocenters. The molecule has 0 bridgehead atoms. The molecule has 0 saturated carbocycles. The van der Waals surface area contributed by atoms with Gasteiger partial charge in [0, 0.05) is 0 Å². The topological polar surface area (TPSA) is 98.7 Å². The van der Waals surface area contributed by atoms with Crippen molar-refractivity contribution in [1.29, 1.82) is 0 Å². The van der Waals surface area contributed by atoms with Crippen molar-refractivity contribution in [2.24, 2.45) is 5.92 Å². The van der Waals surface area contributed by atoms with E-state index in [0.717, 1.165) is 19.3 Å². The molecule has 2 heterocycles. The normalized spacial score (nSPS) is 28.2. The number of carbonyl (C=O) groups excluding carboxylic acids is 2. The highest BCUT2D eigenvalue weighted by Gasteiger charge is 2.51. The quantitative estimate of drug-likeness (QED) is 0.624. The van der Waals surface area contributed by atoms with Crippen LogP contribution in [0.3, 0.4) is 0 Å². The number of piperidine rings is 1. The van der Waals surface area contributed by atoms with Crippen molar-refractivity contribution in [3.05, 3.63) is 0 Å². The molecule has 3 amide bonds. The van der Waals surface area contributed by atoms with E-state index < -0.39 is 17.5 Å². The minimum atomic E-state index is -0.835. The van der Waals surface area contributed by atoms with Crippen LogP contribution in [0.5, 0.6) is 0 Å². The number of urea groups is 1. The Balaban J connectivity index is 2.04. The number of carboxylic acids is 1. The van der Waals surface area contributed by atoms with Gasteiger partial charge in [-0.2, -0.15) is 0 Å². The third-order valence-corrected chi connectivity index (χ3v) is 4.26. The molecule has 2 saturated heterocycles. The predicted octanol–water partition coefficient (Wildman–Crippen LogP) is 0.161. The van der Waals surface area contributed by atoms with Gasteiger partial charge in [0.25, 0.3) is 5.91 Å². The van der Waals surface area contributed by atoms with E-state index in [1.54, 1.807) is 0 Å². The fraction of sp³-hybridized carbons (Fsp3) is 0.769. The summed E-state index contributed by atoms with van der Waals surface area (Å²) in [7, 11) is 0. The Hall–Kier alpha value is -1.63. The van der Waals surface area contributed by atoms with Gasteiger partial charge >= 0.3 is 12.0 Å². The van der Waals surface area contributed by atoms with E-state index in [1.807, 2.05) is 11.8 Å². The van der Waals surface area contributed by atoms with Gasteiger partial charge in [-0.3, -0.25) is 19.8 Å². The fourth-order valence-electron chi connectivity index (χ4n) is 3.34. The monoisotopic (exact) mass is 283 g/mol. The Morgan fingerprint density at radius 3 is 2.50 bits per heavy atom. The van der Waals surface area contributed by atoms with Crippen molar-refractivity contribution in [3.8, 4) is 0 Å². The molecule has 0 spiro atoms. The Bertz CT molecular complexity index is 418. The molecule has 112 valence electrons. The number of amides is 3. The largest absolute Gasteiger partial charge is 0.480 e. The number of carboxylic acid groups (broad SMARTS) is 1. The van der Waals surface area contributed by atoms with Crippen LogP contribution in [0.2, 0.25) is 0 Å². The Labute approximate surface area is 117 Å². The highest BCUT2D eigenvalue weighted by Crippen LogP contribution is 2.34. The number of hydrogen-bond acceptors (Lipinski definition) is 4. The zero-order chi connectivity index (χ0) is 14.8. The molecule has 20 heavy (non-hydrogen) atoms. The molecule has 0 aliphatic carbocycles. The third-order valence-electron chi connectivity index (χ3n) is 4.26. The zero-order valence-electron chi connectivity index (χ0n) is 11.6. The standard InChI is InChI=1S/C13H21N3O4/c1-2-5-13(11(19)14-12(20)15-13)9-3-6-16(7-4-9)8-10(17)18/h9H,2-8H2,1H3,(H,17,18)(H2,14,15,19,20)/t13-/m1/s1. The first-order valence-corrected chi connectivity index (χ1v) is 7.05. The van der Waals surface area contributed by atoms with Crippen LogP contribution in [0.15, 0.2) is 0 Å². The summed E-state index contributed by atoms with van der Waals surface area (Å²) >= 11 is 0. The van der Waals surface area contributed by atoms with Gasteiger partial charge in [-0.25, -0.2) is 4.79 Å². The molecular formula is C13H21N3O4. The van der Waals surface area contributed by atoms with Gasteiger partial charge in [-0.1, -0.05) is 13.3 Å². The van der Waals surface area contributed by atoms with Crippen LogP contribution in [0.4, 0.5) is 4.79 Å². The van der Waals surface area contributed by atoms with Crippen LogP contribution < -0.4 is 10.6 Å². The van der Waals surface area contributed by atoms with Gasteiger partial charge < -0.3 is 10.4 Å². The second-order valence-corrected chi connectivity index (χ2v) is 5.57. The van der Waals surface area contributed by atoms with E-state index >= 15 is 0 Å². The Morgan fingerprint density at radius 2 is 2.05 bits per heavy atom. The number of nitrogens with zero attached hydrogens (tertiary/aromatic N) is 1. The van der Waals surface area contributed by atoms with Gasteiger partial charge in [-0.15, -0.1) is 0 Å². The van der Waals surface area contributed by atoms with Crippen molar-refractivity contribution in [3.63, 3.8) is 0 Å². The first-order chi connectivity index (χ1) is 9.48. The summed E-state index contributed by atoms with van der Waals surface area (Å²) in [6, 6.07) is -0.420. The zero-order valence-corrected chi connectivity index (χ0v) is 11.6. The minimum Gasteiger partial charge on any atom is -0.480 e. The van der Waals surface area contributed by atoms with Crippen molar-refractivity contribution < 1.29 is 19.5 Å². The van der Waals surface area contributed by atoms with Crippen LogP contribution in [0, 0.1) is 5.92 Å². The molecule has 7 heteroatoms. The summed E-state index contributed by atoms with van der Waals surface area (Å²) in [5.74, 6) is -1.00. The number of nitrogens with one attached hydrogen (secondary N) is 2. The van der Waals surface area contributed by atoms with Crippen LogP contribution in [0.1, 0.15) is 32.6 Å². The molecule has 0 aromatic carbocycles. The second-order valence-electron chi connectivity index (χ2n) is 5.57. The van der Waals surface area contributed by atoms with Crippen LogP contribution >= 0.6 is 0 Å². The highest BCUT2D eigenvalue weighted by atomic mass is 16.4.